The number of nitrogens with zero attached hydrogens (tertiary/aromatic N) is 4. The Kier molecular flexibility index (Phi) is 4.46. The van der Waals surface area contributed by atoms with Gasteiger partial charge in [-0.1, -0.05) is 6.92 Å². The second-order valence-electron chi connectivity index (χ2n) is 6.46. The molecule has 0 atom stereocenters. The molecule has 1 aromatic heterocycles. The summed E-state index contributed by atoms with van der Waals surface area (Å²) in [6, 6.07) is 0. The van der Waals surface area contributed by atoms with Gasteiger partial charge in [0, 0.05) is 45.2 Å². The van der Waals surface area contributed by atoms with E-state index in [0.717, 1.165) is 50.6 Å². The van der Waals surface area contributed by atoms with E-state index in [9.17, 15) is 0 Å². The third kappa shape index (κ3) is 3.57. The Bertz CT molecular complexity index is 473. The molecule has 0 aliphatic carbocycles. The molecule has 0 saturated carbocycles. The predicted octanol–water partition coefficient (Wildman–Crippen LogP) is 1.81. The first kappa shape index (κ1) is 14.4. The van der Waals surface area contributed by atoms with Crippen LogP contribution in [-0.4, -0.2) is 40.0 Å². The minimum atomic E-state index is 0.714. The quantitative estimate of drug-likeness (QED) is 0.682. The van der Waals surface area contributed by atoms with Crippen molar-refractivity contribution < 1.29 is 0 Å². The number of imidazole rings is 1. The molecule has 2 aliphatic rings. The molecule has 0 unspecified atom stereocenters. The largest absolute Gasteiger partial charge is 0.370 e. The Hall–Kier alpha value is -1.52. The van der Waals surface area contributed by atoms with E-state index >= 15 is 0 Å². The van der Waals surface area contributed by atoms with Crippen molar-refractivity contribution in [1.29, 1.82) is 0 Å². The van der Waals surface area contributed by atoms with Crippen molar-refractivity contribution in [3.8, 4) is 0 Å². The van der Waals surface area contributed by atoms with Gasteiger partial charge in [0.1, 0.15) is 5.82 Å². The molecule has 0 radical (unpaired) electrons. The Morgan fingerprint density at radius 1 is 1.33 bits per heavy atom. The van der Waals surface area contributed by atoms with Gasteiger partial charge in [-0.2, -0.15) is 0 Å². The van der Waals surface area contributed by atoms with Crippen LogP contribution < -0.4 is 5.73 Å². The van der Waals surface area contributed by atoms with Crippen molar-refractivity contribution in [1.82, 2.24) is 14.5 Å². The number of aromatic nitrogens is 2. The van der Waals surface area contributed by atoms with Gasteiger partial charge in [-0.05, 0) is 31.6 Å². The second kappa shape index (κ2) is 6.50. The zero-order chi connectivity index (χ0) is 14.7. The third-order valence-electron chi connectivity index (χ3n) is 4.71. The summed E-state index contributed by atoms with van der Waals surface area (Å²) in [5, 5.41) is 0. The average Bonchev–Trinajstić information content (AvgIpc) is 2.90. The number of guanidine groups is 1. The maximum absolute atomic E-state index is 6.11. The lowest BCUT2D eigenvalue weighted by Crippen LogP contribution is -2.42. The molecule has 5 heteroatoms. The Morgan fingerprint density at radius 3 is 2.90 bits per heavy atom. The highest BCUT2D eigenvalue weighted by atomic mass is 15.3. The summed E-state index contributed by atoms with van der Waals surface area (Å²) in [5.41, 5.74) is 7.27. The van der Waals surface area contributed by atoms with Crippen LogP contribution >= 0.6 is 0 Å². The first-order chi connectivity index (χ1) is 10.2. The summed E-state index contributed by atoms with van der Waals surface area (Å²) < 4.78 is 2.30. The molecule has 21 heavy (non-hydrogen) atoms. The van der Waals surface area contributed by atoms with Crippen molar-refractivity contribution in [2.24, 2.45) is 16.6 Å². The Morgan fingerprint density at radius 2 is 2.14 bits per heavy atom. The molecule has 2 N–H and O–H groups in total. The van der Waals surface area contributed by atoms with Gasteiger partial charge in [0.25, 0.3) is 0 Å². The number of likely N-dealkylation sites (tertiary alicyclic amines) is 1. The lowest BCUT2D eigenvalue weighted by Gasteiger charge is -2.31. The summed E-state index contributed by atoms with van der Waals surface area (Å²) >= 11 is 0. The number of fused-ring (bicyclic) bond motifs is 1. The van der Waals surface area contributed by atoms with E-state index in [1.165, 1.54) is 31.5 Å². The fourth-order valence-corrected chi connectivity index (χ4v) is 3.21. The van der Waals surface area contributed by atoms with Gasteiger partial charge in [0.15, 0.2) is 5.96 Å². The van der Waals surface area contributed by atoms with Gasteiger partial charge < -0.3 is 15.2 Å². The first-order valence-corrected chi connectivity index (χ1v) is 8.32. The van der Waals surface area contributed by atoms with E-state index in [4.69, 9.17) is 10.7 Å². The molecular formula is C16H27N5. The highest BCUT2D eigenvalue weighted by molar-refractivity contribution is 5.78. The fourth-order valence-electron chi connectivity index (χ4n) is 3.21. The zero-order valence-electron chi connectivity index (χ0n) is 13.1. The molecule has 0 aromatic carbocycles. The average molecular weight is 289 g/mol. The third-order valence-corrected chi connectivity index (χ3v) is 4.71. The molecule has 0 amide bonds. The van der Waals surface area contributed by atoms with Gasteiger partial charge >= 0.3 is 0 Å². The van der Waals surface area contributed by atoms with E-state index in [2.05, 4.69) is 27.6 Å². The molecule has 0 bridgehead atoms. The molecule has 3 rings (SSSR count). The number of rotatable bonds is 3. The van der Waals surface area contributed by atoms with Gasteiger partial charge in [0.05, 0.1) is 5.69 Å². The van der Waals surface area contributed by atoms with Crippen LogP contribution in [0.25, 0.3) is 0 Å². The van der Waals surface area contributed by atoms with Crippen molar-refractivity contribution in [3.63, 3.8) is 0 Å². The zero-order valence-corrected chi connectivity index (χ0v) is 13.1. The van der Waals surface area contributed by atoms with E-state index in [1.807, 2.05) is 0 Å². The Labute approximate surface area is 127 Å². The second-order valence-corrected chi connectivity index (χ2v) is 6.46. The molecule has 2 aliphatic heterocycles. The van der Waals surface area contributed by atoms with Crippen LogP contribution in [-0.2, 0) is 19.4 Å². The molecule has 5 nitrogen and oxygen atoms in total. The number of hydrogen-bond donors (Lipinski definition) is 1. The summed E-state index contributed by atoms with van der Waals surface area (Å²) in [5.74, 6) is 2.79. The molecule has 3 heterocycles. The van der Waals surface area contributed by atoms with Crippen LogP contribution in [0.2, 0.25) is 0 Å². The smallest absolute Gasteiger partial charge is 0.191 e. The first-order valence-electron chi connectivity index (χ1n) is 8.32. The lowest BCUT2D eigenvalue weighted by atomic mass is 10.00. The van der Waals surface area contributed by atoms with Gasteiger partial charge in [-0.25, -0.2) is 4.98 Å². The van der Waals surface area contributed by atoms with Crippen LogP contribution in [0, 0.1) is 5.92 Å². The van der Waals surface area contributed by atoms with Crippen LogP contribution in [0.5, 0.6) is 0 Å². The van der Waals surface area contributed by atoms with E-state index in [0.29, 0.717) is 5.96 Å². The van der Waals surface area contributed by atoms with E-state index in [-0.39, 0.29) is 0 Å². The van der Waals surface area contributed by atoms with E-state index in [1.54, 1.807) is 0 Å². The maximum Gasteiger partial charge on any atom is 0.191 e. The van der Waals surface area contributed by atoms with Crippen LogP contribution in [0.3, 0.4) is 0 Å². The summed E-state index contributed by atoms with van der Waals surface area (Å²) in [4.78, 5) is 11.5. The molecule has 1 aromatic rings. The molecule has 1 saturated heterocycles. The van der Waals surface area contributed by atoms with Crippen molar-refractivity contribution in [3.05, 3.63) is 17.7 Å². The number of piperidine rings is 1. The standard InChI is InChI=1S/C16H27N5/c1-13-6-10-20(11-7-13)16(17)18-8-5-14-12-21-9-3-2-4-15(21)19-14/h12-13H,2-11H2,1H3,(H2,17,18). The predicted molar refractivity (Wildman–Crippen MR) is 85.3 cm³/mol. The van der Waals surface area contributed by atoms with Gasteiger partial charge in [0.2, 0.25) is 0 Å². The SMILES string of the molecule is CC1CCN(C(N)=NCCc2cn3c(n2)CCCC3)CC1. The van der Waals surface area contributed by atoms with Crippen LogP contribution in [0.1, 0.15) is 44.1 Å². The van der Waals surface area contributed by atoms with Gasteiger partial charge in [-0.3, -0.25) is 4.99 Å². The molecule has 0 spiro atoms. The summed E-state index contributed by atoms with van der Waals surface area (Å²) in [7, 11) is 0. The lowest BCUT2D eigenvalue weighted by molar-refractivity contribution is 0.277. The van der Waals surface area contributed by atoms with Crippen LogP contribution in [0.4, 0.5) is 0 Å². The highest BCUT2D eigenvalue weighted by Crippen LogP contribution is 2.16. The number of nitrogens with two attached hydrogens (primary N) is 1. The van der Waals surface area contributed by atoms with Crippen LogP contribution in [0.15, 0.2) is 11.2 Å². The Balaban J connectivity index is 1.50. The normalized spacial score (nSPS) is 20.6. The topological polar surface area (TPSA) is 59.4 Å². The van der Waals surface area contributed by atoms with Gasteiger partial charge in [-0.15, -0.1) is 0 Å². The minimum Gasteiger partial charge on any atom is -0.370 e. The monoisotopic (exact) mass is 289 g/mol. The molecular weight excluding hydrogens is 262 g/mol. The highest BCUT2D eigenvalue weighted by Gasteiger charge is 2.17. The molecule has 1 fully saturated rings. The van der Waals surface area contributed by atoms with Crippen molar-refractivity contribution in [2.45, 2.75) is 52.0 Å². The number of aliphatic imine (C=N–C) groups is 1. The maximum atomic E-state index is 6.11. The summed E-state index contributed by atoms with van der Waals surface area (Å²) in [6.07, 6.45) is 9.22. The number of hydrogen-bond acceptors (Lipinski definition) is 2. The number of aryl methyl sites for hydroxylation is 2. The van der Waals surface area contributed by atoms with Crippen molar-refractivity contribution in [2.75, 3.05) is 19.6 Å². The van der Waals surface area contributed by atoms with Crippen molar-refractivity contribution >= 4 is 5.96 Å². The molecule has 116 valence electrons. The summed E-state index contributed by atoms with van der Waals surface area (Å²) in [6.45, 7) is 6.28. The minimum absolute atomic E-state index is 0.714. The van der Waals surface area contributed by atoms with E-state index < -0.39 is 0 Å². The fraction of sp³-hybridized carbons (Fsp3) is 0.750.